The Morgan fingerprint density at radius 3 is 2.94 bits per heavy atom. The van der Waals surface area contributed by atoms with Crippen LogP contribution in [0.25, 0.3) is 0 Å². The Morgan fingerprint density at radius 2 is 2.29 bits per heavy atom. The molecule has 2 nitrogen and oxygen atoms in total. The molecule has 2 rings (SSSR count). The third-order valence-electron chi connectivity index (χ3n) is 3.58. The van der Waals surface area contributed by atoms with Crippen LogP contribution in [0.15, 0.2) is 17.5 Å². The monoisotopic (exact) mass is 252 g/mol. The lowest BCUT2D eigenvalue weighted by molar-refractivity contribution is 0.336. The van der Waals surface area contributed by atoms with Crippen LogP contribution in [0.5, 0.6) is 0 Å². The Bertz CT molecular complexity index is 291. The van der Waals surface area contributed by atoms with Gasteiger partial charge in [-0.1, -0.05) is 19.4 Å². The van der Waals surface area contributed by atoms with Gasteiger partial charge in [-0.25, -0.2) is 0 Å². The van der Waals surface area contributed by atoms with Crippen molar-refractivity contribution in [2.45, 2.75) is 38.6 Å². The fraction of sp³-hybridized carbons (Fsp3) is 0.714. The standard InChI is InChI=1S/C14H24N2S/c1-2-4-13(14-5-3-10-17-14)16-11-12-6-8-15-9-7-12/h3,5,10,12-13,15-16H,2,4,6-9,11H2,1H3. The van der Waals surface area contributed by atoms with Crippen molar-refractivity contribution >= 4 is 11.3 Å². The quantitative estimate of drug-likeness (QED) is 0.812. The minimum absolute atomic E-state index is 0.579. The number of nitrogens with one attached hydrogen (secondary N) is 2. The van der Waals surface area contributed by atoms with Gasteiger partial charge >= 0.3 is 0 Å². The highest BCUT2D eigenvalue weighted by molar-refractivity contribution is 7.10. The first-order valence-electron chi connectivity index (χ1n) is 6.87. The van der Waals surface area contributed by atoms with E-state index < -0.39 is 0 Å². The predicted molar refractivity (Wildman–Crippen MR) is 75.6 cm³/mol. The molecule has 0 spiro atoms. The molecule has 17 heavy (non-hydrogen) atoms. The predicted octanol–water partition coefficient (Wildman–Crippen LogP) is 3.18. The third-order valence-corrected chi connectivity index (χ3v) is 4.56. The molecule has 0 radical (unpaired) electrons. The van der Waals surface area contributed by atoms with E-state index in [-0.39, 0.29) is 0 Å². The van der Waals surface area contributed by atoms with Crippen molar-refractivity contribution in [3.05, 3.63) is 22.4 Å². The zero-order valence-electron chi connectivity index (χ0n) is 10.7. The summed E-state index contributed by atoms with van der Waals surface area (Å²) < 4.78 is 0. The van der Waals surface area contributed by atoms with E-state index in [0.29, 0.717) is 6.04 Å². The van der Waals surface area contributed by atoms with E-state index in [1.807, 2.05) is 11.3 Å². The van der Waals surface area contributed by atoms with Crippen molar-refractivity contribution in [3.8, 4) is 0 Å². The van der Waals surface area contributed by atoms with E-state index in [1.165, 1.54) is 50.2 Å². The van der Waals surface area contributed by atoms with Gasteiger partial charge in [-0.05, 0) is 56.3 Å². The van der Waals surface area contributed by atoms with E-state index in [1.54, 1.807) is 0 Å². The number of piperidine rings is 1. The molecule has 1 saturated heterocycles. The first-order chi connectivity index (χ1) is 8.40. The highest BCUT2D eigenvalue weighted by Gasteiger charge is 2.16. The second-order valence-electron chi connectivity index (χ2n) is 4.96. The van der Waals surface area contributed by atoms with Crippen LogP contribution in [0.1, 0.15) is 43.5 Å². The molecule has 0 bridgehead atoms. The molecule has 0 aromatic carbocycles. The fourth-order valence-corrected chi connectivity index (χ4v) is 3.35. The highest BCUT2D eigenvalue weighted by atomic mass is 32.1. The summed E-state index contributed by atoms with van der Waals surface area (Å²) in [6.45, 7) is 5.85. The summed E-state index contributed by atoms with van der Waals surface area (Å²) in [6.07, 6.45) is 5.17. The van der Waals surface area contributed by atoms with Gasteiger partial charge in [0.2, 0.25) is 0 Å². The topological polar surface area (TPSA) is 24.1 Å². The Balaban J connectivity index is 1.81. The Morgan fingerprint density at radius 1 is 1.47 bits per heavy atom. The summed E-state index contributed by atoms with van der Waals surface area (Å²) in [7, 11) is 0. The smallest absolute Gasteiger partial charge is 0.0414 e. The normalized spacial score (nSPS) is 19.4. The molecule has 1 aliphatic rings. The molecule has 0 saturated carbocycles. The van der Waals surface area contributed by atoms with E-state index in [9.17, 15) is 0 Å². The van der Waals surface area contributed by atoms with Crippen molar-refractivity contribution in [2.75, 3.05) is 19.6 Å². The van der Waals surface area contributed by atoms with Gasteiger partial charge in [0.05, 0.1) is 0 Å². The molecule has 1 unspecified atom stereocenters. The van der Waals surface area contributed by atoms with Gasteiger partial charge in [-0.3, -0.25) is 0 Å². The molecule has 0 amide bonds. The largest absolute Gasteiger partial charge is 0.317 e. The summed E-state index contributed by atoms with van der Waals surface area (Å²) in [4.78, 5) is 1.50. The molecule has 1 aromatic heterocycles. The van der Waals surface area contributed by atoms with Crippen LogP contribution < -0.4 is 10.6 Å². The van der Waals surface area contributed by atoms with Gasteiger partial charge in [0.25, 0.3) is 0 Å². The van der Waals surface area contributed by atoms with Crippen molar-refractivity contribution in [3.63, 3.8) is 0 Å². The number of rotatable bonds is 6. The van der Waals surface area contributed by atoms with Crippen molar-refractivity contribution < 1.29 is 0 Å². The maximum absolute atomic E-state index is 3.78. The Labute approximate surface area is 109 Å². The molecule has 3 heteroatoms. The molecule has 2 N–H and O–H groups in total. The molecule has 1 aromatic rings. The summed E-state index contributed by atoms with van der Waals surface area (Å²) in [5.74, 6) is 0.871. The van der Waals surface area contributed by atoms with Crippen LogP contribution in [0.3, 0.4) is 0 Å². The van der Waals surface area contributed by atoms with Gasteiger partial charge in [0, 0.05) is 10.9 Å². The van der Waals surface area contributed by atoms with Crippen molar-refractivity contribution in [2.24, 2.45) is 5.92 Å². The second-order valence-corrected chi connectivity index (χ2v) is 5.94. The van der Waals surface area contributed by atoms with E-state index in [2.05, 4.69) is 35.1 Å². The zero-order valence-corrected chi connectivity index (χ0v) is 11.6. The summed E-state index contributed by atoms with van der Waals surface area (Å²) in [5.41, 5.74) is 0. The maximum atomic E-state index is 3.78. The van der Waals surface area contributed by atoms with Gasteiger partial charge in [-0.2, -0.15) is 0 Å². The molecular formula is C14H24N2S. The number of thiophene rings is 1. The Hall–Kier alpha value is -0.380. The zero-order chi connectivity index (χ0) is 11.9. The van der Waals surface area contributed by atoms with Crippen molar-refractivity contribution in [1.82, 2.24) is 10.6 Å². The number of hydrogen-bond donors (Lipinski definition) is 2. The SMILES string of the molecule is CCCC(NCC1CCNCC1)c1cccs1. The molecule has 0 aliphatic carbocycles. The van der Waals surface area contributed by atoms with E-state index in [0.717, 1.165) is 5.92 Å². The van der Waals surface area contributed by atoms with Crippen LogP contribution in [-0.4, -0.2) is 19.6 Å². The molecular weight excluding hydrogens is 228 g/mol. The fourth-order valence-electron chi connectivity index (χ4n) is 2.52. The molecule has 1 atom stereocenters. The molecule has 1 fully saturated rings. The number of hydrogen-bond acceptors (Lipinski definition) is 3. The van der Waals surface area contributed by atoms with Crippen LogP contribution in [-0.2, 0) is 0 Å². The van der Waals surface area contributed by atoms with E-state index >= 15 is 0 Å². The van der Waals surface area contributed by atoms with Crippen LogP contribution in [0.4, 0.5) is 0 Å². The Kier molecular flexibility index (Phi) is 5.49. The molecule has 1 aliphatic heterocycles. The average molecular weight is 252 g/mol. The van der Waals surface area contributed by atoms with Crippen molar-refractivity contribution in [1.29, 1.82) is 0 Å². The minimum atomic E-state index is 0.579. The van der Waals surface area contributed by atoms with Crippen LogP contribution in [0, 0.1) is 5.92 Å². The molecule has 2 heterocycles. The van der Waals surface area contributed by atoms with Crippen LogP contribution in [0.2, 0.25) is 0 Å². The van der Waals surface area contributed by atoms with Gasteiger partial charge in [0.15, 0.2) is 0 Å². The third kappa shape index (κ3) is 4.09. The summed E-state index contributed by atoms with van der Waals surface area (Å²) >= 11 is 1.88. The van der Waals surface area contributed by atoms with E-state index in [4.69, 9.17) is 0 Å². The summed E-state index contributed by atoms with van der Waals surface area (Å²) in [5, 5.41) is 9.39. The maximum Gasteiger partial charge on any atom is 0.0414 e. The first kappa shape index (κ1) is 13.1. The van der Waals surface area contributed by atoms with Gasteiger partial charge in [0.1, 0.15) is 0 Å². The lowest BCUT2D eigenvalue weighted by Gasteiger charge is -2.25. The second kappa shape index (κ2) is 7.14. The first-order valence-corrected chi connectivity index (χ1v) is 7.75. The van der Waals surface area contributed by atoms with Gasteiger partial charge < -0.3 is 10.6 Å². The van der Waals surface area contributed by atoms with Gasteiger partial charge in [-0.15, -0.1) is 11.3 Å². The molecule has 96 valence electrons. The highest BCUT2D eigenvalue weighted by Crippen LogP contribution is 2.24. The lowest BCUT2D eigenvalue weighted by Crippen LogP contribution is -2.34. The van der Waals surface area contributed by atoms with Crippen LogP contribution >= 0.6 is 11.3 Å². The average Bonchev–Trinajstić information content (AvgIpc) is 2.89. The minimum Gasteiger partial charge on any atom is -0.317 e. The lowest BCUT2D eigenvalue weighted by atomic mass is 9.97. The summed E-state index contributed by atoms with van der Waals surface area (Å²) in [6, 6.07) is 5.00.